The minimum absolute atomic E-state index is 0.317. The lowest BCUT2D eigenvalue weighted by molar-refractivity contribution is 0.00821. The summed E-state index contributed by atoms with van der Waals surface area (Å²) in [7, 11) is 0. The number of β-amino-alcohol motifs (C(OH)–C–C–N with tert-alkyl or cyclic N) is 1. The van der Waals surface area contributed by atoms with Crippen molar-refractivity contribution >= 4 is 33.3 Å². The number of carbonyl (C=O) groups is 1. The highest BCUT2D eigenvalue weighted by Crippen LogP contribution is 2.38. The minimum atomic E-state index is -0.634. The Morgan fingerprint density at radius 1 is 1.45 bits per heavy atom. The zero-order chi connectivity index (χ0) is 15.9. The number of rotatable bonds is 4. The highest BCUT2D eigenvalue weighted by atomic mass is 32.1. The topological polar surface area (TPSA) is 75.5 Å². The van der Waals surface area contributed by atoms with Gasteiger partial charge in [0.1, 0.15) is 21.9 Å². The van der Waals surface area contributed by atoms with Crippen LogP contribution in [0.3, 0.4) is 0 Å². The lowest BCUT2D eigenvalue weighted by Gasteiger charge is -2.47. The molecule has 1 fully saturated rings. The molecule has 3 heterocycles. The Morgan fingerprint density at radius 3 is 2.82 bits per heavy atom. The fourth-order valence-electron chi connectivity index (χ4n) is 2.72. The summed E-state index contributed by atoms with van der Waals surface area (Å²) in [6.45, 7) is 7.11. The number of hydrogen-bond donors (Lipinski definition) is 1. The van der Waals surface area contributed by atoms with Gasteiger partial charge in [0.05, 0.1) is 17.6 Å². The van der Waals surface area contributed by atoms with Crippen molar-refractivity contribution in [1.29, 1.82) is 0 Å². The van der Waals surface area contributed by atoms with Crippen molar-refractivity contribution in [3.8, 4) is 0 Å². The number of ether oxygens (including phenoxy) is 1. The molecule has 3 rings (SSSR count). The first-order chi connectivity index (χ1) is 10.5. The predicted molar refractivity (Wildman–Crippen MR) is 85.6 cm³/mol. The van der Waals surface area contributed by atoms with Crippen LogP contribution in [0.15, 0.2) is 6.33 Å². The van der Waals surface area contributed by atoms with E-state index in [1.54, 1.807) is 6.92 Å². The molecule has 2 aromatic heterocycles. The second-order valence-electron chi connectivity index (χ2n) is 5.59. The van der Waals surface area contributed by atoms with Gasteiger partial charge in [-0.1, -0.05) is 6.92 Å². The highest BCUT2D eigenvalue weighted by molar-refractivity contribution is 7.20. The molecule has 1 N–H and O–H groups in total. The fourth-order valence-corrected chi connectivity index (χ4v) is 3.76. The molecule has 0 spiro atoms. The van der Waals surface area contributed by atoms with E-state index in [9.17, 15) is 9.90 Å². The van der Waals surface area contributed by atoms with Gasteiger partial charge in [-0.05, 0) is 25.8 Å². The van der Waals surface area contributed by atoms with Crippen LogP contribution in [0.4, 0.5) is 5.82 Å². The van der Waals surface area contributed by atoms with Crippen molar-refractivity contribution in [2.75, 3.05) is 24.6 Å². The van der Waals surface area contributed by atoms with Crippen molar-refractivity contribution in [3.05, 3.63) is 16.8 Å². The first kappa shape index (κ1) is 15.2. The molecule has 0 bridgehead atoms. The summed E-state index contributed by atoms with van der Waals surface area (Å²) < 4.78 is 5.10. The first-order valence-electron chi connectivity index (χ1n) is 7.37. The number of aliphatic hydroxyl groups is 1. The van der Waals surface area contributed by atoms with Crippen molar-refractivity contribution in [1.82, 2.24) is 9.97 Å². The number of esters is 1. The average Bonchev–Trinajstić information content (AvgIpc) is 2.82. The van der Waals surface area contributed by atoms with Crippen LogP contribution in [0.1, 0.15) is 35.5 Å². The molecular formula is C15H19N3O3S. The molecule has 0 aromatic carbocycles. The fraction of sp³-hybridized carbons (Fsp3) is 0.533. The second-order valence-corrected chi connectivity index (χ2v) is 6.59. The summed E-state index contributed by atoms with van der Waals surface area (Å²) in [5, 5.41) is 11.1. The zero-order valence-electron chi connectivity index (χ0n) is 12.9. The van der Waals surface area contributed by atoms with Gasteiger partial charge in [0.2, 0.25) is 0 Å². The molecule has 2 aromatic rings. The van der Waals surface area contributed by atoms with Gasteiger partial charge in [-0.2, -0.15) is 0 Å². The van der Waals surface area contributed by atoms with Crippen LogP contribution in [0.25, 0.3) is 10.2 Å². The van der Waals surface area contributed by atoms with Gasteiger partial charge in [0, 0.05) is 13.1 Å². The lowest BCUT2D eigenvalue weighted by atomic mass is 9.91. The van der Waals surface area contributed by atoms with E-state index in [2.05, 4.69) is 9.97 Å². The Bertz CT molecular complexity index is 722. The number of aromatic nitrogens is 2. The monoisotopic (exact) mass is 321 g/mol. The Hall–Kier alpha value is -1.73. The van der Waals surface area contributed by atoms with E-state index >= 15 is 0 Å². The maximum Gasteiger partial charge on any atom is 0.348 e. The van der Waals surface area contributed by atoms with Crippen LogP contribution < -0.4 is 4.90 Å². The van der Waals surface area contributed by atoms with E-state index in [0.717, 1.165) is 21.6 Å². The molecule has 7 heteroatoms. The number of anilines is 1. The lowest BCUT2D eigenvalue weighted by Crippen LogP contribution is -2.61. The quantitative estimate of drug-likeness (QED) is 0.870. The summed E-state index contributed by atoms with van der Waals surface area (Å²) in [6, 6.07) is 0. The van der Waals surface area contributed by atoms with Crippen LogP contribution >= 0.6 is 11.3 Å². The van der Waals surface area contributed by atoms with Gasteiger partial charge in [-0.25, -0.2) is 14.8 Å². The average molecular weight is 321 g/mol. The summed E-state index contributed by atoms with van der Waals surface area (Å²) in [5.41, 5.74) is 0.214. The van der Waals surface area contributed by atoms with Gasteiger partial charge in [-0.15, -0.1) is 11.3 Å². The van der Waals surface area contributed by atoms with E-state index in [4.69, 9.17) is 4.74 Å². The maximum absolute atomic E-state index is 12.0. The van der Waals surface area contributed by atoms with Gasteiger partial charge in [0.15, 0.2) is 0 Å². The third-order valence-electron chi connectivity index (χ3n) is 4.10. The predicted octanol–water partition coefficient (Wildman–Crippen LogP) is 2.14. The third kappa shape index (κ3) is 2.34. The Kier molecular flexibility index (Phi) is 3.78. The molecule has 0 unspecified atom stereocenters. The third-order valence-corrected chi connectivity index (χ3v) is 5.28. The molecule has 6 nitrogen and oxygen atoms in total. The maximum atomic E-state index is 12.0. The van der Waals surface area contributed by atoms with Gasteiger partial charge < -0.3 is 14.7 Å². The number of fused-ring (bicyclic) bond motifs is 1. The van der Waals surface area contributed by atoms with E-state index in [0.29, 0.717) is 31.0 Å². The standard InChI is InChI=1S/C15H19N3O3S/c1-4-15(20)6-18(7-15)12-10-9(3)11(14(19)21-5-2)22-13(10)17-8-16-12/h8,20H,4-7H2,1-3H3. The van der Waals surface area contributed by atoms with Crippen LogP contribution in [0.2, 0.25) is 0 Å². The molecule has 1 saturated heterocycles. The largest absolute Gasteiger partial charge is 0.462 e. The van der Waals surface area contributed by atoms with Crippen LogP contribution in [-0.4, -0.2) is 46.3 Å². The van der Waals surface area contributed by atoms with E-state index in [1.807, 2.05) is 18.7 Å². The first-order valence-corrected chi connectivity index (χ1v) is 8.19. The highest BCUT2D eigenvalue weighted by Gasteiger charge is 2.41. The van der Waals surface area contributed by atoms with E-state index in [1.165, 1.54) is 17.7 Å². The summed E-state index contributed by atoms with van der Waals surface area (Å²) in [4.78, 5) is 24.1. The van der Waals surface area contributed by atoms with Crippen molar-refractivity contribution < 1.29 is 14.6 Å². The summed E-state index contributed by atoms with van der Waals surface area (Å²) in [6.07, 6.45) is 2.22. The summed E-state index contributed by atoms with van der Waals surface area (Å²) in [5.74, 6) is 0.468. The molecule has 22 heavy (non-hydrogen) atoms. The minimum Gasteiger partial charge on any atom is -0.462 e. The van der Waals surface area contributed by atoms with Crippen molar-refractivity contribution in [2.45, 2.75) is 32.8 Å². The Balaban J connectivity index is 2.01. The molecule has 118 valence electrons. The number of hydrogen-bond acceptors (Lipinski definition) is 7. The number of aryl methyl sites for hydroxylation is 1. The molecule has 0 atom stereocenters. The molecule has 1 aliphatic heterocycles. The van der Waals surface area contributed by atoms with E-state index in [-0.39, 0.29) is 5.97 Å². The molecular weight excluding hydrogens is 302 g/mol. The van der Waals surface area contributed by atoms with Crippen LogP contribution in [0.5, 0.6) is 0 Å². The Morgan fingerprint density at radius 2 is 2.18 bits per heavy atom. The normalized spacial score (nSPS) is 16.6. The molecule has 0 radical (unpaired) electrons. The van der Waals surface area contributed by atoms with Gasteiger partial charge in [-0.3, -0.25) is 0 Å². The molecule has 0 saturated carbocycles. The molecule has 0 amide bonds. The van der Waals surface area contributed by atoms with E-state index < -0.39 is 5.60 Å². The molecule has 1 aliphatic rings. The van der Waals surface area contributed by atoms with Gasteiger partial charge in [0.25, 0.3) is 0 Å². The number of thiophene rings is 1. The number of carbonyl (C=O) groups excluding carboxylic acids is 1. The van der Waals surface area contributed by atoms with Crippen molar-refractivity contribution in [3.63, 3.8) is 0 Å². The Labute approximate surface area is 132 Å². The van der Waals surface area contributed by atoms with Crippen LogP contribution in [0, 0.1) is 6.92 Å². The van der Waals surface area contributed by atoms with Gasteiger partial charge >= 0.3 is 5.97 Å². The smallest absolute Gasteiger partial charge is 0.348 e. The second kappa shape index (κ2) is 5.48. The van der Waals surface area contributed by atoms with Crippen molar-refractivity contribution in [2.24, 2.45) is 0 Å². The SMILES string of the molecule is CCOC(=O)c1sc2ncnc(N3CC(O)(CC)C3)c2c1C. The summed E-state index contributed by atoms with van der Waals surface area (Å²) >= 11 is 1.33. The molecule has 0 aliphatic carbocycles. The zero-order valence-corrected chi connectivity index (χ0v) is 13.7. The number of nitrogens with zero attached hydrogens (tertiary/aromatic N) is 3. The van der Waals surface area contributed by atoms with Crippen LogP contribution in [-0.2, 0) is 4.74 Å².